The first kappa shape index (κ1) is 15.5. The van der Waals surface area contributed by atoms with Crippen molar-refractivity contribution >= 4 is 5.97 Å². The molecule has 1 unspecified atom stereocenters. The number of carbonyl (C=O) groups excluding carboxylic acids is 1. The van der Waals surface area contributed by atoms with Crippen molar-refractivity contribution < 1.29 is 14.3 Å². The maximum Gasteiger partial charge on any atom is 0.326 e. The predicted molar refractivity (Wildman–Crippen MR) is 75.2 cm³/mol. The molecule has 1 aromatic carbocycles. The van der Waals surface area contributed by atoms with E-state index in [-0.39, 0.29) is 12.0 Å². The maximum atomic E-state index is 11.4. The Bertz CT molecular complexity index is 424. The molecule has 0 aromatic heterocycles. The van der Waals surface area contributed by atoms with Gasteiger partial charge < -0.3 is 15.2 Å². The second-order valence-electron chi connectivity index (χ2n) is 5.45. The SMILES string of the molecule is CCOC(=O)C(N)COc1cccc(C(C)(C)C)c1. The van der Waals surface area contributed by atoms with E-state index in [1.54, 1.807) is 6.92 Å². The Morgan fingerprint density at radius 1 is 1.37 bits per heavy atom. The van der Waals surface area contributed by atoms with Crippen LogP contribution in [0.4, 0.5) is 0 Å². The molecule has 1 rings (SSSR count). The van der Waals surface area contributed by atoms with Crippen molar-refractivity contribution in [3.8, 4) is 5.75 Å². The summed E-state index contributed by atoms with van der Waals surface area (Å²) in [6.07, 6.45) is 0. The van der Waals surface area contributed by atoms with Crippen molar-refractivity contribution in [2.75, 3.05) is 13.2 Å². The van der Waals surface area contributed by atoms with Gasteiger partial charge in [0.15, 0.2) is 0 Å². The van der Waals surface area contributed by atoms with Gasteiger partial charge in [-0.3, -0.25) is 4.79 Å². The van der Waals surface area contributed by atoms with E-state index >= 15 is 0 Å². The first-order valence-corrected chi connectivity index (χ1v) is 6.50. The fourth-order valence-corrected chi connectivity index (χ4v) is 1.56. The minimum absolute atomic E-state index is 0.0582. The van der Waals surface area contributed by atoms with Crippen molar-refractivity contribution in [1.29, 1.82) is 0 Å². The highest BCUT2D eigenvalue weighted by atomic mass is 16.5. The summed E-state index contributed by atoms with van der Waals surface area (Å²) in [6, 6.07) is 7.06. The summed E-state index contributed by atoms with van der Waals surface area (Å²) in [5, 5.41) is 0. The molecular weight excluding hydrogens is 242 g/mol. The van der Waals surface area contributed by atoms with Gasteiger partial charge in [-0.2, -0.15) is 0 Å². The number of carbonyl (C=O) groups is 1. The Morgan fingerprint density at radius 2 is 2.05 bits per heavy atom. The molecule has 4 heteroatoms. The molecule has 1 atom stereocenters. The van der Waals surface area contributed by atoms with Gasteiger partial charge in [0, 0.05) is 0 Å². The number of hydrogen-bond acceptors (Lipinski definition) is 4. The highest BCUT2D eigenvalue weighted by molar-refractivity contribution is 5.75. The number of esters is 1. The van der Waals surface area contributed by atoms with E-state index in [0.29, 0.717) is 12.4 Å². The molecule has 0 aliphatic heterocycles. The van der Waals surface area contributed by atoms with Crippen molar-refractivity contribution in [3.05, 3.63) is 29.8 Å². The van der Waals surface area contributed by atoms with Crippen LogP contribution in [0.1, 0.15) is 33.3 Å². The van der Waals surface area contributed by atoms with Crippen LogP contribution in [0.2, 0.25) is 0 Å². The third-order valence-electron chi connectivity index (χ3n) is 2.72. The third kappa shape index (κ3) is 4.91. The van der Waals surface area contributed by atoms with Gasteiger partial charge in [0.1, 0.15) is 18.4 Å². The van der Waals surface area contributed by atoms with E-state index < -0.39 is 12.0 Å². The molecule has 0 aliphatic carbocycles. The van der Waals surface area contributed by atoms with Crippen LogP contribution in [-0.4, -0.2) is 25.2 Å². The molecule has 0 radical (unpaired) electrons. The van der Waals surface area contributed by atoms with Gasteiger partial charge in [-0.15, -0.1) is 0 Å². The van der Waals surface area contributed by atoms with Gasteiger partial charge in [0.05, 0.1) is 6.61 Å². The fraction of sp³-hybridized carbons (Fsp3) is 0.533. The Hall–Kier alpha value is -1.55. The van der Waals surface area contributed by atoms with Crippen molar-refractivity contribution in [3.63, 3.8) is 0 Å². The van der Waals surface area contributed by atoms with Crippen LogP contribution in [0.15, 0.2) is 24.3 Å². The molecule has 0 saturated carbocycles. The largest absolute Gasteiger partial charge is 0.491 e. The van der Waals surface area contributed by atoms with Gasteiger partial charge >= 0.3 is 5.97 Å². The molecule has 0 spiro atoms. The zero-order valence-corrected chi connectivity index (χ0v) is 12.1. The lowest BCUT2D eigenvalue weighted by Gasteiger charge is -2.20. The lowest BCUT2D eigenvalue weighted by molar-refractivity contribution is -0.145. The number of rotatable bonds is 5. The summed E-state index contributed by atoms with van der Waals surface area (Å²) in [5.41, 5.74) is 6.91. The molecule has 0 heterocycles. The van der Waals surface area contributed by atoms with E-state index in [4.69, 9.17) is 15.2 Å². The fourth-order valence-electron chi connectivity index (χ4n) is 1.56. The number of hydrogen-bond donors (Lipinski definition) is 1. The summed E-state index contributed by atoms with van der Waals surface area (Å²) < 4.78 is 10.4. The van der Waals surface area contributed by atoms with Crippen molar-refractivity contribution in [1.82, 2.24) is 0 Å². The summed E-state index contributed by atoms with van der Waals surface area (Å²) in [4.78, 5) is 11.4. The van der Waals surface area contributed by atoms with E-state index in [9.17, 15) is 4.79 Å². The molecule has 4 nitrogen and oxygen atoms in total. The highest BCUT2D eigenvalue weighted by Crippen LogP contribution is 2.25. The Labute approximate surface area is 114 Å². The monoisotopic (exact) mass is 265 g/mol. The molecule has 0 amide bonds. The van der Waals surface area contributed by atoms with E-state index in [2.05, 4.69) is 26.8 Å². The highest BCUT2D eigenvalue weighted by Gasteiger charge is 2.17. The Morgan fingerprint density at radius 3 is 2.63 bits per heavy atom. The topological polar surface area (TPSA) is 61.5 Å². The van der Waals surface area contributed by atoms with Gasteiger partial charge in [-0.1, -0.05) is 32.9 Å². The molecule has 0 bridgehead atoms. The lowest BCUT2D eigenvalue weighted by atomic mass is 9.87. The average Bonchev–Trinajstić information content (AvgIpc) is 2.35. The molecule has 106 valence electrons. The summed E-state index contributed by atoms with van der Waals surface area (Å²) in [6.45, 7) is 8.60. The van der Waals surface area contributed by atoms with Crippen LogP contribution in [0.25, 0.3) is 0 Å². The number of benzene rings is 1. The summed E-state index contributed by atoms with van der Waals surface area (Å²) in [5.74, 6) is 0.279. The van der Waals surface area contributed by atoms with E-state index in [0.717, 1.165) is 0 Å². The zero-order chi connectivity index (χ0) is 14.5. The van der Waals surface area contributed by atoms with E-state index in [1.807, 2.05) is 18.2 Å². The summed E-state index contributed by atoms with van der Waals surface area (Å²) >= 11 is 0. The first-order valence-electron chi connectivity index (χ1n) is 6.50. The molecule has 19 heavy (non-hydrogen) atoms. The minimum Gasteiger partial charge on any atom is -0.491 e. The van der Waals surface area contributed by atoms with E-state index in [1.165, 1.54) is 5.56 Å². The average molecular weight is 265 g/mol. The Kier molecular flexibility index (Phi) is 5.36. The number of ether oxygens (including phenoxy) is 2. The van der Waals surface area contributed by atoms with Crippen LogP contribution < -0.4 is 10.5 Å². The van der Waals surface area contributed by atoms with Crippen LogP contribution in [0.5, 0.6) is 5.75 Å². The van der Waals surface area contributed by atoms with Crippen molar-refractivity contribution in [2.24, 2.45) is 5.73 Å². The van der Waals surface area contributed by atoms with Crippen LogP contribution in [0, 0.1) is 0 Å². The lowest BCUT2D eigenvalue weighted by Crippen LogP contribution is -2.37. The van der Waals surface area contributed by atoms with Gasteiger partial charge in [-0.25, -0.2) is 0 Å². The van der Waals surface area contributed by atoms with Gasteiger partial charge in [-0.05, 0) is 30.0 Å². The molecule has 1 aromatic rings. The predicted octanol–water partition coefficient (Wildman–Crippen LogP) is 2.25. The zero-order valence-electron chi connectivity index (χ0n) is 12.1. The second kappa shape index (κ2) is 6.57. The van der Waals surface area contributed by atoms with Crippen LogP contribution >= 0.6 is 0 Å². The normalized spacial score (nSPS) is 12.9. The van der Waals surface area contributed by atoms with Crippen LogP contribution in [-0.2, 0) is 14.9 Å². The molecule has 0 aliphatic rings. The summed E-state index contributed by atoms with van der Waals surface area (Å²) in [7, 11) is 0. The minimum atomic E-state index is -0.752. The van der Waals surface area contributed by atoms with Crippen LogP contribution in [0.3, 0.4) is 0 Å². The first-order chi connectivity index (χ1) is 8.84. The third-order valence-corrected chi connectivity index (χ3v) is 2.72. The number of nitrogens with two attached hydrogens (primary N) is 1. The Balaban J connectivity index is 2.61. The van der Waals surface area contributed by atoms with Gasteiger partial charge in [0.2, 0.25) is 0 Å². The molecular formula is C15H23NO3. The molecule has 0 fully saturated rings. The molecule has 0 saturated heterocycles. The smallest absolute Gasteiger partial charge is 0.326 e. The quantitative estimate of drug-likeness (QED) is 0.829. The van der Waals surface area contributed by atoms with Crippen molar-refractivity contribution in [2.45, 2.75) is 39.2 Å². The standard InChI is InChI=1S/C15H23NO3/c1-5-18-14(17)13(16)10-19-12-8-6-7-11(9-12)15(2,3)4/h6-9,13H,5,10,16H2,1-4H3. The maximum absolute atomic E-state index is 11.4. The van der Waals surface area contributed by atoms with Gasteiger partial charge in [0.25, 0.3) is 0 Å². The second-order valence-corrected chi connectivity index (χ2v) is 5.45. The molecule has 2 N–H and O–H groups in total.